The summed E-state index contributed by atoms with van der Waals surface area (Å²) in [5.41, 5.74) is 2.57. The van der Waals surface area contributed by atoms with E-state index in [0.717, 1.165) is 61.1 Å². The maximum absolute atomic E-state index is 13.3. The molecule has 2 heterocycles. The van der Waals surface area contributed by atoms with Crippen molar-refractivity contribution in [1.82, 2.24) is 8.87 Å². The van der Waals surface area contributed by atoms with E-state index >= 15 is 0 Å². The molecule has 3 aromatic rings. The lowest BCUT2D eigenvalue weighted by atomic mass is 10.1. The number of unbranched alkanes of at least 4 members (excludes halogenated alkanes) is 3. The van der Waals surface area contributed by atoms with Crippen LogP contribution in [-0.2, 0) is 16.6 Å². The largest absolute Gasteiger partial charge is 0.396 e. The van der Waals surface area contributed by atoms with E-state index in [1.54, 1.807) is 28.6 Å². The van der Waals surface area contributed by atoms with Crippen LogP contribution in [0.2, 0.25) is 0 Å². The molecule has 0 bridgehead atoms. The van der Waals surface area contributed by atoms with Crippen molar-refractivity contribution in [3.05, 3.63) is 64.5 Å². The van der Waals surface area contributed by atoms with Crippen molar-refractivity contribution in [3.63, 3.8) is 0 Å². The minimum Gasteiger partial charge on any atom is -0.396 e. The third-order valence-corrected chi connectivity index (χ3v) is 8.77. The van der Waals surface area contributed by atoms with Crippen molar-refractivity contribution < 1.29 is 17.9 Å². The van der Waals surface area contributed by atoms with Crippen LogP contribution in [0.25, 0.3) is 11.3 Å². The van der Waals surface area contributed by atoms with E-state index in [4.69, 9.17) is 10.1 Å². The van der Waals surface area contributed by atoms with Crippen LogP contribution < -0.4 is 4.80 Å². The molecule has 1 aliphatic heterocycles. The van der Waals surface area contributed by atoms with Crippen molar-refractivity contribution in [2.75, 3.05) is 19.7 Å². The van der Waals surface area contributed by atoms with Gasteiger partial charge < -0.3 is 9.67 Å². The van der Waals surface area contributed by atoms with E-state index in [1.807, 2.05) is 17.5 Å². The number of aromatic nitrogens is 1. The van der Waals surface area contributed by atoms with E-state index in [2.05, 4.69) is 4.57 Å². The Labute approximate surface area is 204 Å². The molecule has 1 saturated heterocycles. The molecule has 1 N–H and O–H groups in total. The molecular formula is C25H30FN3O3S2. The van der Waals surface area contributed by atoms with Gasteiger partial charge in [-0.2, -0.15) is 4.31 Å². The SMILES string of the molecule is O=S(=O)(c1ccc(-c2csc(=Nc3ccc(F)cc3)n2CCCCCCO)cc1)N1CCCC1. The second-order valence-electron chi connectivity index (χ2n) is 8.42. The lowest BCUT2D eigenvalue weighted by Crippen LogP contribution is -2.27. The first-order valence-electron chi connectivity index (χ1n) is 11.7. The molecule has 4 rings (SSSR count). The Bertz CT molecular complexity index is 1240. The lowest BCUT2D eigenvalue weighted by Gasteiger charge is -2.16. The molecule has 0 unspecified atom stereocenters. The summed E-state index contributed by atoms with van der Waals surface area (Å²) >= 11 is 1.50. The molecule has 0 spiro atoms. The van der Waals surface area contributed by atoms with Gasteiger partial charge >= 0.3 is 0 Å². The van der Waals surface area contributed by atoms with Crippen LogP contribution in [0.3, 0.4) is 0 Å². The molecule has 34 heavy (non-hydrogen) atoms. The molecule has 0 aliphatic carbocycles. The molecule has 2 aromatic carbocycles. The number of hydrogen-bond donors (Lipinski definition) is 1. The number of nitrogens with zero attached hydrogens (tertiary/aromatic N) is 3. The Balaban J connectivity index is 1.63. The maximum Gasteiger partial charge on any atom is 0.243 e. The van der Waals surface area contributed by atoms with Gasteiger partial charge in [-0.3, -0.25) is 0 Å². The molecule has 1 aromatic heterocycles. The van der Waals surface area contributed by atoms with Gasteiger partial charge in [-0.1, -0.05) is 25.0 Å². The first-order chi connectivity index (χ1) is 16.5. The Kier molecular flexibility index (Phi) is 8.31. The van der Waals surface area contributed by atoms with Crippen LogP contribution >= 0.6 is 11.3 Å². The summed E-state index contributed by atoms with van der Waals surface area (Å²) in [7, 11) is -3.45. The molecule has 182 valence electrons. The monoisotopic (exact) mass is 503 g/mol. The molecule has 6 nitrogen and oxygen atoms in total. The van der Waals surface area contributed by atoms with Crippen LogP contribution in [0.5, 0.6) is 0 Å². The van der Waals surface area contributed by atoms with Gasteiger partial charge in [0.05, 0.1) is 16.3 Å². The number of aliphatic hydroxyl groups excluding tert-OH is 1. The number of aliphatic hydroxyl groups is 1. The fraction of sp³-hybridized carbons (Fsp3) is 0.400. The zero-order valence-electron chi connectivity index (χ0n) is 19.1. The number of halogens is 1. The Morgan fingerprint density at radius 2 is 1.62 bits per heavy atom. The van der Waals surface area contributed by atoms with Gasteiger partial charge in [-0.25, -0.2) is 17.8 Å². The zero-order valence-corrected chi connectivity index (χ0v) is 20.7. The Morgan fingerprint density at radius 3 is 2.29 bits per heavy atom. The van der Waals surface area contributed by atoms with E-state index in [1.165, 1.54) is 23.5 Å². The molecule has 0 atom stereocenters. The summed E-state index contributed by atoms with van der Waals surface area (Å²) in [4.78, 5) is 5.85. The summed E-state index contributed by atoms with van der Waals surface area (Å²) < 4.78 is 42.7. The van der Waals surface area contributed by atoms with Crippen LogP contribution in [0.15, 0.2) is 63.8 Å². The maximum atomic E-state index is 13.3. The third kappa shape index (κ3) is 5.83. The minimum atomic E-state index is -3.45. The Hall–Kier alpha value is -2.33. The first-order valence-corrected chi connectivity index (χ1v) is 14.0. The predicted molar refractivity (Wildman–Crippen MR) is 133 cm³/mol. The van der Waals surface area contributed by atoms with Crippen LogP contribution in [0.4, 0.5) is 10.1 Å². The third-order valence-electron chi connectivity index (χ3n) is 5.99. The number of rotatable bonds is 10. The van der Waals surface area contributed by atoms with Crippen LogP contribution in [0, 0.1) is 5.82 Å². The number of sulfonamides is 1. The van der Waals surface area contributed by atoms with Gasteiger partial charge in [0.1, 0.15) is 5.82 Å². The van der Waals surface area contributed by atoms with Gasteiger partial charge in [-0.05, 0) is 67.6 Å². The van der Waals surface area contributed by atoms with E-state index in [0.29, 0.717) is 23.7 Å². The van der Waals surface area contributed by atoms with Gasteiger partial charge in [-0.15, -0.1) is 11.3 Å². The van der Waals surface area contributed by atoms with Crippen LogP contribution in [0.1, 0.15) is 38.5 Å². The Morgan fingerprint density at radius 1 is 0.941 bits per heavy atom. The zero-order chi connectivity index (χ0) is 24.0. The average molecular weight is 504 g/mol. The number of hydrogen-bond acceptors (Lipinski definition) is 5. The van der Waals surface area contributed by atoms with Crippen molar-refractivity contribution in [2.45, 2.75) is 50.0 Å². The molecule has 9 heteroatoms. The summed E-state index contributed by atoms with van der Waals surface area (Å²) in [5, 5.41) is 11.1. The molecule has 0 radical (unpaired) electrons. The topological polar surface area (TPSA) is 74.9 Å². The molecule has 1 aliphatic rings. The second kappa shape index (κ2) is 11.4. The smallest absolute Gasteiger partial charge is 0.243 e. The van der Waals surface area contributed by atoms with Gasteiger partial charge in [0.25, 0.3) is 0 Å². The summed E-state index contributed by atoms with van der Waals surface area (Å²) in [6.45, 7) is 2.12. The second-order valence-corrected chi connectivity index (χ2v) is 11.2. The number of benzene rings is 2. The summed E-state index contributed by atoms with van der Waals surface area (Å²) in [6, 6.07) is 13.2. The quantitative estimate of drug-likeness (QED) is 0.399. The highest BCUT2D eigenvalue weighted by molar-refractivity contribution is 7.89. The predicted octanol–water partition coefficient (Wildman–Crippen LogP) is 4.93. The molecule has 0 saturated carbocycles. The first kappa shape index (κ1) is 24.8. The highest BCUT2D eigenvalue weighted by atomic mass is 32.2. The molecular weight excluding hydrogens is 473 g/mol. The van der Waals surface area contributed by atoms with Gasteiger partial charge in [0, 0.05) is 31.6 Å². The highest BCUT2D eigenvalue weighted by Gasteiger charge is 2.27. The fourth-order valence-electron chi connectivity index (χ4n) is 4.10. The van der Waals surface area contributed by atoms with Crippen LogP contribution in [-0.4, -0.2) is 42.1 Å². The minimum absolute atomic E-state index is 0.203. The van der Waals surface area contributed by atoms with Gasteiger partial charge in [0.15, 0.2) is 4.80 Å². The van der Waals surface area contributed by atoms with Crippen molar-refractivity contribution >= 4 is 27.0 Å². The van der Waals surface area contributed by atoms with Gasteiger partial charge in [0.2, 0.25) is 10.0 Å². The standard InChI is InChI=1S/C25H30FN3O3S2/c26-21-9-11-22(12-10-21)27-25-29(17-3-1-2-6-18-30)24(19-33-25)20-7-13-23(14-8-20)34(31,32)28-15-4-5-16-28/h7-14,19,30H,1-6,15-18H2. The summed E-state index contributed by atoms with van der Waals surface area (Å²) in [5.74, 6) is -0.299. The molecule has 0 amide bonds. The van der Waals surface area contributed by atoms with E-state index in [9.17, 15) is 12.8 Å². The van der Waals surface area contributed by atoms with Crippen molar-refractivity contribution in [2.24, 2.45) is 4.99 Å². The van der Waals surface area contributed by atoms with Crippen molar-refractivity contribution in [3.8, 4) is 11.3 Å². The summed E-state index contributed by atoms with van der Waals surface area (Å²) in [6.07, 6.45) is 5.49. The fourth-order valence-corrected chi connectivity index (χ4v) is 6.57. The molecule has 1 fully saturated rings. The lowest BCUT2D eigenvalue weighted by molar-refractivity contribution is 0.282. The van der Waals surface area contributed by atoms with Crippen molar-refractivity contribution in [1.29, 1.82) is 0 Å². The highest BCUT2D eigenvalue weighted by Crippen LogP contribution is 2.26. The average Bonchev–Trinajstić information content (AvgIpc) is 3.52. The normalized spacial score (nSPS) is 15.3. The van der Waals surface area contributed by atoms with E-state index in [-0.39, 0.29) is 12.4 Å². The number of thiazole rings is 1. The van der Waals surface area contributed by atoms with E-state index < -0.39 is 10.0 Å².